The average Bonchev–Trinajstić information content (AvgIpc) is 3.09. The van der Waals surface area contributed by atoms with Crippen LogP contribution >= 0.6 is 0 Å². The van der Waals surface area contributed by atoms with Crippen molar-refractivity contribution in [1.29, 1.82) is 0 Å². The van der Waals surface area contributed by atoms with Gasteiger partial charge in [0.1, 0.15) is 11.5 Å². The summed E-state index contributed by atoms with van der Waals surface area (Å²) in [6.45, 7) is 14.7. The molecule has 0 saturated heterocycles. The Morgan fingerprint density at radius 2 is 2.04 bits per heavy atom. The third-order valence-electron chi connectivity index (χ3n) is 4.53. The molecule has 2 aliphatic rings. The summed E-state index contributed by atoms with van der Waals surface area (Å²) in [7, 11) is 0. The molecule has 0 unspecified atom stereocenters. The van der Waals surface area contributed by atoms with Crippen LogP contribution in [0.2, 0.25) is 0 Å². The topological polar surface area (TPSA) is 9.23 Å². The lowest BCUT2D eigenvalue weighted by molar-refractivity contribution is 0.436. The third-order valence-corrected chi connectivity index (χ3v) is 4.53. The molecule has 0 radical (unpaired) electrons. The normalized spacial score (nSPS) is 15.6. The molecule has 1 aromatic carbocycles. The maximum atomic E-state index is 5.97. The summed E-state index contributed by atoms with van der Waals surface area (Å²) < 4.78 is 5.97. The van der Waals surface area contributed by atoms with Crippen LogP contribution in [-0.2, 0) is 6.42 Å². The van der Waals surface area contributed by atoms with E-state index in [9.17, 15) is 0 Å². The van der Waals surface area contributed by atoms with Gasteiger partial charge in [0.25, 0.3) is 0 Å². The van der Waals surface area contributed by atoms with Gasteiger partial charge in [-0.05, 0) is 59.2 Å². The summed E-state index contributed by atoms with van der Waals surface area (Å²) in [5.41, 5.74) is 7.13. The first-order valence-electron chi connectivity index (χ1n) is 8.52. The molecule has 0 atom stereocenters. The Morgan fingerprint density at radius 1 is 1.21 bits per heavy atom. The quantitative estimate of drug-likeness (QED) is 0.558. The molecule has 0 N–H and O–H groups in total. The van der Waals surface area contributed by atoms with E-state index >= 15 is 0 Å². The molecule has 1 nitrogen and oxygen atoms in total. The highest BCUT2D eigenvalue weighted by molar-refractivity contribution is 5.79. The number of fused-ring (bicyclic) bond motifs is 1. The molecule has 0 amide bonds. The van der Waals surface area contributed by atoms with Crippen molar-refractivity contribution >= 4 is 5.57 Å². The Morgan fingerprint density at radius 3 is 2.75 bits per heavy atom. The van der Waals surface area contributed by atoms with Gasteiger partial charge in [0.2, 0.25) is 0 Å². The van der Waals surface area contributed by atoms with Crippen molar-refractivity contribution in [2.45, 2.75) is 32.6 Å². The van der Waals surface area contributed by atoms with Crippen molar-refractivity contribution in [3.8, 4) is 5.75 Å². The van der Waals surface area contributed by atoms with Crippen LogP contribution in [-0.4, -0.2) is 0 Å². The van der Waals surface area contributed by atoms with Crippen LogP contribution < -0.4 is 4.74 Å². The second kappa shape index (κ2) is 6.92. The van der Waals surface area contributed by atoms with Gasteiger partial charge in [0, 0.05) is 0 Å². The second-order valence-corrected chi connectivity index (χ2v) is 6.39. The standard InChI is InChI=1S/C23H24O/c1-5-8-16(2)20-13-17(3)23-12-11-22(15-21(23)14-20)24-18(4)19-9-6-7-10-19/h6-7,9,11-13,15H,2-5,8,10,14H2,1H3. The number of benzene rings is 1. The summed E-state index contributed by atoms with van der Waals surface area (Å²) in [6.07, 6.45) is 12.3. The van der Waals surface area contributed by atoms with Crippen molar-refractivity contribution < 1.29 is 4.74 Å². The maximum absolute atomic E-state index is 5.97. The van der Waals surface area contributed by atoms with Gasteiger partial charge in [-0.15, -0.1) is 0 Å². The first kappa shape index (κ1) is 16.3. The Bertz CT molecular complexity index is 799. The lowest BCUT2D eigenvalue weighted by Gasteiger charge is -2.21. The lowest BCUT2D eigenvalue weighted by Crippen LogP contribution is -2.05. The molecule has 0 aromatic heterocycles. The predicted octanol–water partition coefficient (Wildman–Crippen LogP) is 6.32. The van der Waals surface area contributed by atoms with Crippen LogP contribution in [0.15, 0.2) is 84.7 Å². The average molecular weight is 316 g/mol. The van der Waals surface area contributed by atoms with E-state index in [4.69, 9.17) is 4.74 Å². The van der Waals surface area contributed by atoms with E-state index in [0.29, 0.717) is 0 Å². The van der Waals surface area contributed by atoms with E-state index < -0.39 is 0 Å². The van der Waals surface area contributed by atoms with Crippen LogP contribution in [0.3, 0.4) is 0 Å². The van der Waals surface area contributed by atoms with Gasteiger partial charge in [-0.1, -0.05) is 69.0 Å². The van der Waals surface area contributed by atoms with Crippen LogP contribution in [0.25, 0.3) is 5.57 Å². The number of hydrogen-bond donors (Lipinski definition) is 0. The molecule has 122 valence electrons. The molecule has 3 rings (SSSR count). The minimum Gasteiger partial charge on any atom is -0.458 e. The molecule has 1 heteroatoms. The van der Waals surface area contributed by atoms with E-state index in [1.807, 2.05) is 12.1 Å². The zero-order chi connectivity index (χ0) is 17.1. The van der Waals surface area contributed by atoms with Gasteiger partial charge in [-0.3, -0.25) is 0 Å². The van der Waals surface area contributed by atoms with Gasteiger partial charge in [0.15, 0.2) is 0 Å². The zero-order valence-electron chi connectivity index (χ0n) is 14.4. The maximum Gasteiger partial charge on any atom is 0.127 e. The van der Waals surface area contributed by atoms with E-state index in [0.717, 1.165) is 48.3 Å². The minimum absolute atomic E-state index is 0.723. The van der Waals surface area contributed by atoms with E-state index in [-0.39, 0.29) is 0 Å². The molecule has 0 heterocycles. The summed E-state index contributed by atoms with van der Waals surface area (Å²) >= 11 is 0. The first-order valence-corrected chi connectivity index (χ1v) is 8.52. The van der Waals surface area contributed by atoms with Gasteiger partial charge in [-0.2, -0.15) is 0 Å². The second-order valence-electron chi connectivity index (χ2n) is 6.39. The molecule has 2 aliphatic carbocycles. The predicted molar refractivity (Wildman–Crippen MR) is 103 cm³/mol. The van der Waals surface area contributed by atoms with Crippen LogP contribution in [0, 0.1) is 0 Å². The fraction of sp³-hybridized carbons (Fsp3) is 0.217. The SMILES string of the molecule is C=C(CCC)C1=CC(=C)c2ccc(OC(=C)C3=CC=CC3)cc2C1. The van der Waals surface area contributed by atoms with Gasteiger partial charge < -0.3 is 4.74 Å². The smallest absolute Gasteiger partial charge is 0.127 e. The van der Waals surface area contributed by atoms with E-state index in [1.165, 1.54) is 22.3 Å². The van der Waals surface area contributed by atoms with Crippen molar-refractivity contribution in [3.05, 3.63) is 95.8 Å². The summed E-state index contributed by atoms with van der Waals surface area (Å²) in [5, 5.41) is 0. The van der Waals surface area contributed by atoms with Gasteiger partial charge in [0.05, 0.1) is 0 Å². The van der Waals surface area contributed by atoms with Crippen molar-refractivity contribution in [1.82, 2.24) is 0 Å². The number of hydrogen-bond acceptors (Lipinski definition) is 1. The van der Waals surface area contributed by atoms with Gasteiger partial charge >= 0.3 is 0 Å². The Kier molecular flexibility index (Phi) is 4.71. The number of rotatable bonds is 6. The summed E-state index contributed by atoms with van der Waals surface area (Å²) in [5.74, 6) is 1.56. The Hall–Kier alpha value is -2.54. The molecule has 1 aromatic rings. The molecular weight excluding hydrogens is 292 g/mol. The highest BCUT2D eigenvalue weighted by Crippen LogP contribution is 2.35. The van der Waals surface area contributed by atoms with Crippen molar-refractivity contribution in [3.63, 3.8) is 0 Å². The molecule has 0 bridgehead atoms. The highest BCUT2D eigenvalue weighted by Gasteiger charge is 2.17. The molecule has 0 saturated carbocycles. The summed E-state index contributed by atoms with van der Waals surface area (Å²) in [6, 6.07) is 6.20. The van der Waals surface area contributed by atoms with Crippen molar-refractivity contribution in [2.75, 3.05) is 0 Å². The Labute approximate surface area is 145 Å². The monoisotopic (exact) mass is 316 g/mol. The van der Waals surface area contributed by atoms with Crippen LogP contribution in [0.1, 0.15) is 37.3 Å². The van der Waals surface area contributed by atoms with E-state index in [1.54, 1.807) is 0 Å². The molecular formula is C23H24O. The van der Waals surface area contributed by atoms with Gasteiger partial charge in [-0.25, -0.2) is 0 Å². The highest BCUT2D eigenvalue weighted by atomic mass is 16.5. The fourth-order valence-corrected chi connectivity index (χ4v) is 3.19. The lowest BCUT2D eigenvalue weighted by atomic mass is 9.85. The van der Waals surface area contributed by atoms with Crippen LogP contribution in [0.4, 0.5) is 0 Å². The largest absolute Gasteiger partial charge is 0.458 e. The van der Waals surface area contributed by atoms with E-state index in [2.05, 4.69) is 57.0 Å². The van der Waals surface area contributed by atoms with Crippen molar-refractivity contribution in [2.24, 2.45) is 0 Å². The third kappa shape index (κ3) is 3.35. The number of ether oxygens (including phenoxy) is 1. The first-order chi connectivity index (χ1) is 11.6. The molecule has 0 spiro atoms. The molecule has 0 fully saturated rings. The number of allylic oxidation sites excluding steroid dienone is 8. The molecule has 24 heavy (non-hydrogen) atoms. The Balaban J connectivity index is 1.79. The minimum atomic E-state index is 0.723. The summed E-state index contributed by atoms with van der Waals surface area (Å²) in [4.78, 5) is 0. The fourth-order valence-electron chi connectivity index (χ4n) is 3.19. The molecule has 0 aliphatic heterocycles. The zero-order valence-corrected chi connectivity index (χ0v) is 14.4. The van der Waals surface area contributed by atoms with Crippen LogP contribution in [0.5, 0.6) is 5.75 Å².